The number of halogens is 2. The van der Waals surface area contributed by atoms with E-state index in [1.165, 1.54) is 6.07 Å². The number of nitrogens with zero attached hydrogens (tertiary/aromatic N) is 1. The molecule has 2 aromatic carbocycles. The molecule has 5 heteroatoms. The van der Waals surface area contributed by atoms with E-state index in [4.69, 9.17) is 16.9 Å². The zero-order chi connectivity index (χ0) is 17.0. The Morgan fingerprint density at radius 1 is 1.17 bits per heavy atom. The van der Waals surface area contributed by atoms with Gasteiger partial charge in [0, 0.05) is 22.7 Å². The summed E-state index contributed by atoms with van der Waals surface area (Å²) in [5.74, 6) is -0.433. The van der Waals surface area contributed by atoms with Crippen molar-refractivity contribution in [2.45, 2.75) is 32.0 Å². The molecule has 2 N–H and O–H groups in total. The molecule has 0 aromatic heterocycles. The fraction of sp³-hybridized carbons (Fsp3) is 0.278. The number of hydrogen-bond donors (Lipinski definition) is 2. The molecule has 0 radical (unpaired) electrons. The van der Waals surface area contributed by atoms with Crippen LogP contribution in [0.4, 0.5) is 4.39 Å². The van der Waals surface area contributed by atoms with Crippen molar-refractivity contribution in [1.82, 2.24) is 5.32 Å². The largest absolute Gasteiger partial charge is 0.387 e. The molecule has 3 atom stereocenters. The average Bonchev–Trinajstić information content (AvgIpc) is 2.54. The predicted octanol–water partition coefficient (Wildman–Crippen LogP) is 4.12. The Balaban J connectivity index is 2.08. The topological polar surface area (TPSA) is 56.0 Å². The summed E-state index contributed by atoms with van der Waals surface area (Å²) in [4.78, 5) is 0. The molecule has 0 amide bonds. The lowest BCUT2D eigenvalue weighted by Gasteiger charge is -2.25. The minimum absolute atomic E-state index is 0.285. The van der Waals surface area contributed by atoms with Crippen LogP contribution in [0.5, 0.6) is 0 Å². The Bertz CT molecular complexity index is 712. The Morgan fingerprint density at radius 3 is 2.39 bits per heavy atom. The van der Waals surface area contributed by atoms with Gasteiger partial charge in [0.1, 0.15) is 5.82 Å². The Labute approximate surface area is 140 Å². The summed E-state index contributed by atoms with van der Waals surface area (Å²) in [6, 6.07) is 12.7. The molecule has 0 aliphatic carbocycles. The van der Waals surface area contributed by atoms with Gasteiger partial charge >= 0.3 is 0 Å². The fourth-order valence-corrected chi connectivity index (χ4v) is 2.60. The first-order chi connectivity index (χ1) is 10.9. The molecule has 2 aromatic rings. The highest BCUT2D eigenvalue weighted by Crippen LogP contribution is 2.23. The van der Waals surface area contributed by atoms with E-state index < -0.39 is 11.9 Å². The third kappa shape index (κ3) is 4.29. The van der Waals surface area contributed by atoms with Crippen molar-refractivity contribution in [3.8, 4) is 6.07 Å². The van der Waals surface area contributed by atoms with E-state index in [0.717, 1.165) is 5.56 Å². The standard InChI is InChI=1S/C18H18ClFN2O/c1-11(16-8-3-13(10-21)9-17(16)20)22-12(2)18(23)14-4-6-15(19)7-5-14/h3-9,11-12,18,22-23H,1-2H3. The number of aliphatic hydroxyl groups excluding tert-OH is 1. The van der Waals surface area contributed by atoms with Crippen molar-refractivity contribution in [2.24, 2.45) is 0 Å². The van der Waals surface area contributed by atoms with Gasteiger partial charge in [-0.3, -0.25) is 0 Å². The number of rotatable bonds is 5. The average molecular weight is 333 g/mol. The SMILES string of the molecule is CC(NC(C)C(O)c1ccc(Cl)cc1)c1ccc(C#N)cc1F. The molecule has 120 valence electrons. The minimum atomic E-state index is -0.740. The minimum Gasteiger partial charge on any atom is -0.387 e. The van der Waals surface area contributed by atoms with Gasteiger partial charge in [0.15, 0.2) is 0 Å². The van der Waals surface area contributed by atoms with E-state index >= 15 is 0 Å². The van der Waals surface area contributed by atoms with Gasteiger partial charge in [-0.2, -0.15) is 5.26 Å². The van der Waals surface area contributed by atoms with Gasteiger partial charge in [0.05, 0.1) is 17.7 Å². The fourth-order valence-electron chi connectivity index (χ4n) is 2.47. The first-order valence-electron chi connectivity index (χ1n) is 7.31. The molecule has 0 fully saturated rings. The van der Waals surface area contributed by atoms with Gasteiger partial charge in [-0.1, -0.05) is 29.8 Å². The zero-order valence-electron chi connectivity index (χ0n) is 12.9. The molecule has 0 bridgehead atoms. The third-order valence-electron chi connectivity index (χ3n) is 3.79. The summed E-state index contributed by atoms with van der Waals surface area (Å²) >= 11 is 5.84. The van der Waals surface area contributed by atoms with Crippen LogP contribution >= 0.6 is 11.6 Å². The van der Waals surface area contributed by atoms with Gasteiger partial charge in [0.2, 0.25) is 0 Å². The molecule has 0 aliphatic rings. The highest BCUT2D eigenvalue weighted by molar-refractivity contribution is 6.30. The van der Waals surface area contributed by atoms with Crippen molar-refractivity contribution in [2.75, 3.05) is 0 Å². The maximum Gasteiger partial charge on any atom is 0.129 e. The second-order valence-corrected chi connectivity index (χ2v) is 5.96. The van der Waals surface area contributed by atoms with E-state index in [-0.39, 0.29) is 17.6 Å². The molecule has 0 saturated carbocycles. The smallest absolute Gasteiger partial charge is 0.129 e. The van der Waals surface area contributed by atoms with E-state index in [0.29, 0.717) is 10.6 Å². The molecule has 23 heavy (non-hydrogen) atoms. The van der Waals surface area contributed by atoms with Crippen molar-refractivity contribution >= 4 is 11.6 Å². The van der Waals surface area contributed by atoms with Crippen LogP contribution in [-0.4, -0.2) is 11.1 Å². The van der Waals surface area contributed by atoms with Gasteiger partial charge < -0.3 is 10.4 Å². The van der Waals surface area contributed by atoms with Crippen LogP contribution < -0.4 is 5.32 Å². The number of nitriles is 1. The number of aliphatic hydroxyl groups is 1. The first kappa shape index (κ1) is 17.4. The van der Waals surface area contributed by atoms with Crippen molar-refractivity contribution in [3.63, 3.8) is 0 Å². The molecule has 2 rings (SSSR count). The molecule has 3 unspecified atom stereocenters. The van der Waals surface area contributed by atoms with Crippen molar-refractivity contribution < 1.29 is 9.50 Å². The van der Waals surface area contributed by atoms with Crippen molar-refractivity contribution in [1.29, 1.82) is 5.26 Å². The lowest BCUT2D eigenvalue weighted by atomic mass is 10.0. The molecular weight excluding hydrogens is 315 g/mol. The van der Waals surface area contributed by atoms with Gasteiger partial charge in [0.25, 0.3) is 0 Å². The van der Waals surface area contributed by atoms with Gasteiger partial charge in [-0.25, -0.2) is 4.39 Å². The van der Waals surface area contributed by atoms with Crippen molar-refractivity contribution in [3.05, 3.63) is 70.0 Å². The third-order valence-corrected chi connectivity index (χ3v) is 4.05. The summed E-state index contributed by atoms with van der Waals surface area (Å²) in [5.41, 5.74) is 1.48. The van der Waals surface area contributed by atoms with Crippen LogP contribution in [-0.2, 0) is 0 Å². The first-order valence-corrected chi connectivity index (χ1v) is 7.69. The molecule has 0 spiro atoms. The van der Waals surface area contributed by atoms with E-state index in [9.17, 15) is 9.50 Å². The number of nitrogens with one attached hydrogen (secondary N) is 1. The van der Waals surface area contributed by atoms with Crippen LogP contribution in [0.1, 0.15) is 42.7 Å². The van der Waals surface area contributed by atoms with Gasteiger partial charge in [-0.05, 0) is 43.7 Å². The van der Waals surface area contributed by atoms with Crippen LogP contribution in [0, 0.1) is 17.1 Å². The second kappa shape index (κ2) is 7.56. The summed E-state index contributed by atoms with van der Waals surface area (Å²) in [6.45, 7) is 3.65. The van der Waals surface area contributed by atoms with Crippen LogP contribution in [0.15, 0.2) is 42.5 Å². The van der Waals surface area contributed by atoms with E-state index in [1.807, 2.05) is 19.9 Å². The van der Waals surface area contributed by atoms with Gasteiger partial charge in [-0.15, -0.1) is 0 Å². The quantitative estimate of drug-likeness (QED) is 0.865. The Morgan fingerprint density at radius 2 is 1.83 bits per heavy atom. The molecule has 0 aliphatic heterocycles. The highest BCUT2D eigenvalue weighted by Gasteiger charge is 2.20. The lowest BCUT2D eigenvalue weighted by Crippen LogP contribution is -2.34. The molecule has 3 nitrogen and oxygen atoms in total. The summed E-state index contributed by atoms with van der Waals surface area (Å²) in [7, 11) is 0. The highest BCUT2D eigenvalue weighted by atomic mass is 35.5. The van der Waals surface area contributed by atoms with E-state index in [2.05, 4.69) is 5.32 Å². The van der Waals surface area contributed by atoms with Crippen LogP contribution in [0.3, 0.4) is 0 Å². The maximum atomic E-state index is 14.0. The summed E-state index contributed by atoms with van der Waals surface area (Å²) < 4.78 is 14.0. The summed E-state index contributed by atoms with van der Waals surface area (Å²) in [5, 5.41) is 23.0. The molecule has 0 heterocycles. The maximum absolute atomic E-state index is 14.0. The van der Waals surface area contributed by atoms with Crippen LogP contribution in [0.2, 0.25) is 5.02 Å². The predicted molar refractivity (Wildman–Crippen MR) is 88.5 cm³/mol. The summed E-state index contributed by atoms with van der Waals surface area (Å²) in [6.07, 6.45) is -0.740. The number of hydrogen-bond acceptors (Lipinski definition) is 3. The monoisotopic (exact) mass is 332 g/mol. The molecular formula is C18H18ClFN2O. The Hall–Kier alpha value is -1.93. The normalized spacial score (nSPS) is 14.8. The molecule has 0 saturated heterocycles. The second-order valence-electron chi connectivity index (χ2n) is 5.52. The lowest BCUT2D eigenvalue weighted by molar-refractivity contribution is 0.130. The Kier molecular flexibility index (Phi) is 5.73. The van der Waals surface area contributed by atoms with E-state index in [1.54, 1.807) is 36.4 Å². The number of benzene rings is 2. The van der Waals surface area contributed by atoms with Crippen LogP contribution in [0.25, 0.3) is 0 Å². The zero-order valence-corrected chi connectivity index (χ0v) is 13.7.